The second-order valence-electron chi connectivity index (χ2n) is 7.88. The average molecular weight is 456 g/mol. The maximum absolute atomic E-state index is 13.2. The van der Waals surface area contributed by atoms with Crippen LogP contribution in [0, 0.1) is 0 Å². The number of anilines is 1. The van der Waals surface area contributed by atoms with Crippen molar-refractivity contribution in [3.05, 3.63) is 89.2 Å². The van der Waals surface area contributed by atoms with Gasteiger partial charge in [-0.15, -0.1) is 0 Å². The summed E-state index contributed by atoms with van der Waals surface area (Å²) in [7, 11) is 0. The Balaban J connectivity index is 1.57. The van der Waals surface area contributed by atoms with E-state index in [2.05, 4.69) is 4.98 Å². The lowest BCUT2D eigenvalue weighted by Crippen LogP contribution is -2.34. The van der Waals surface area contributed by atoms with Gasteiger partial charge in [0.15, 0.2) is 0 Å². The van der Waals surface area contributed by atoms with Gasteiger partial charge in [-0.05, 0) is 41.8 Å². The fraction of sp³-hybridized carbons (Fsp3) is 0.280. The molecule has 8 heteroatoms. The third-order valence-electron chi connectivity index (χ3n) is 5.55. The molecule has 1 amide bonds. The lowest BCUT2D eigenvalue weighted by atomic mass is 10.0. The van der Waals surface area contributed by atoms with E-state index >= 15 is 0 Å². The molecule has 1 aliphatic rings. The Morgan fingerprint density at radius 1 is 1.09 bits per heavy atom. The van der Waals surface area contributed by atoms with E-state index in [9.17, 15) is 23.1 Å². The predicted octanol–water partition coefficient (Wildman–Crippen LogP) is 4.73. The number of rotatable bonds is 6. The quantitative estimate of drug-likeness (QED) is 0.582. The summed E-state index contributed by atoms with van der Waals surface area (Å²) in [4.78, 5) is 18.3. The van der Waals surface area contributed by atoms with Crippen molar-refractivity contribution in [1.29, 1.82) is 0 Å². The van der Waals surface area contributed by atoms with Gasteiger partial charge in [0, 0.05) is 30.4 Å². The fourth-order valence-corrected chi connectivity index (χ4v) is 3.78. The number of carbonyl (C=O) groups excluding carboxylic acids is 1. The van der Waals surface area contributed by atoms with Crippen molar-refractivity contribution in [2.45, 2.75) is 31.5 Å². The minimum Gasteiger partial charge on any atom is -0.493 e. The number of aliphatic hydroxyl groups is 1. The molecule has 4 rings (SSSR count). The number of amides is 1. The summed E-state index contributed by atoms with van der Waals surface area (Å²) in [6, 6.07) is 16.8. The van der Waals surface area contributed by atoms with Crippen molar-refractivity contribution in [2.24, 2.45) is 0 Å². The first-order valence-corrected chi connectivity index (χ1v) is 10.6. The van der Waals surface area contributed by atoms with Gasteiger partial charge in [-0.2, -0.15) is 13.2 Å². The normalized spacial score (nSPS) is 15.5. The van der Waals surface area contributed by atoms with E-state index in [1.54, 1.807) is 23.1 Å². The van der Waals surface area contributed by atoms with Crippen molar-refractivity contribution < 1.29 is 27.8 Å². The van der Waals surface area contributed by atoms with E-state index in [1.165, 1.54) is 12.3 Å². The molecular weight excluding hydrogens is 433 g/mol. The maximum Gasteiger partial charge on any atom is 0.433 e. The zero-order valence-electron chi connectivity index (χ0n) is 17.8. The number of benzene rings is 2. The second-order valence-corrected chi connectivity index (χ2v) is 7.88. The van der Waals surface area contributed by atoms with Crippen molar-refractivity contribution in [3.8, 4) is 5.75 Å². The van der Waals surface area contributed by atoms with E-state index in [4.69, 9.17) is 4.74 Å². The number of halogens is 3. The summed E-state index contributed by atoms with van der Waals surface area (Å²) in [5, 5.41) is 10.4. The Kier molecular flexibility index (Phi) is 6.65. The number of fused-ring (bicyclic) bond motifs is 1. The van der Waals surface area contributed by atoms with Gasteiger partial charge < -0.3 is 14.7 Å². The van der Waals surface area contributed by atoms with Crippen LogP contribution in [0.2, 0.25) is 0 Å². The summed E-state index contributed by atoms with van der Waals surface area (Å²) >= 11 is 0. The number of carbonyl (C=O) groups is 1. The Hall–Kier alpha value is -3.39. The van der Waals surface area contributed by atoms with Crippen LogP contribution < -0.4 is 9.64 Å². The molecule has 33 heavy (non-hydrogen) atoms. The summed E-state index contributed by atoms with van der Waals surface area (Å²) in [6.45, 7) is 0.666. The molecule has 1 N–H and O–H groups in total. The third kappa shape index (κ3) is 5.51. The van der Waals surface area contributed by atoms with Gasteiger partial charge in [-0.3, -0.25) is 9.78 Å². The molecule has 5 nitrogen and oxygen atoms in total. The zero-order chi connectivity index (χ0) is 23.4. The molecular formula is C25H23F3N2O3. The van der Waals surface area contributed by atoms with Crippen LogP contribution in [-0.2, 0) is 23.8 Å². The van der Waals surface area contributed by atoms with Gasteiger partial charge in [-0.25, -0.2) is 0 Å². The molecule has 0 spiro atoms. The Morgan fingerprint density at radius 3 is 2.58 bits per heavy atom. The van der Waals surface area contributed by atoms with Crippen LogP contribution in [0.25, 0.3) is 0 Å². The highest BCUT2D eigenvalue weighted by molar-refractivity contribution is 5.95. The molecule has 2 heterocycles. The Bertz CT molecular complexity index is 1100. The van der Waals surface area contributed by atoms with E-state index in [0.29, 0.717) is 42.0 Å². The van der Waals surface area contributed by atoms with Crippen LogP contribution in [0.4, 0.5) is 18.9 Å². The summed E-state index contributed by atoms with van der Waals surface area (Å²) in [5.41, 5.74) is 1.70. The van der Waals surface area contributed by atoms with Crippen molar-refractivity contribution >= 4 is 11.6 Å². The van der Waals surface area contributed by atoms with E-state index in [1.807, 2.05) is 30.3 Å². The molecule has 0 fully saturated rings. The minimum absolute atomic E-state index is 0.160. The van der Waals surface area contributed by atoms with Crippen LogP contribution in [0.1, 0.15) is 34.9 Å². The third-order valence-corrected chi connectivity index (χ3v) is 5.55. The van der Waals surface area contributed by atoms with Crippen molar-refractivity contribution in [1.82, 2.24) is 4.98 Å². The summed E-state index contributed by atoms with van der Waals surface area (Å²) in [6.07, 6.45) is -3.04. The fourth-order valence-electron chi connectivity index (χ4n) is 3.78. The average Bonchev–Trinajstić information content (AvgIpc) is 2.80. The molecule has 3 aromatic rings. The molecule has 1 unspecified atom stereocenters. The first-order chi connectivity index (χ1) is 15.8. The van der Waals surface area contributed by atoms with Gasteiger partial charge in [0.25, 0.3) is 0 Å². The number of nitrogens with zero attached hydrogens (tertiary/aromatic N) is 2. The van der Waals surface area contributed by atoms with E-state index in [-0.39, 0.29) is 18.9 Å². The van der Waals surface area contributed by atoms with Crippen LogP contribution >= 0.6 is 0 Å². The first-order valence-electron chi connectivity index (χ1n) is 10.6. The summed E-state index contributed by atoms with van der Waals surface area (Å²) in [5.74, 6) is 0.423. The van der Waals surface area contributed by atoms with E-state index in [0.717, 1.165) is 11.6 Å². The SMILES string of the molecule is O=C(Cc1ccccc1)N(CCc1ccc(C(F)(F)F)nc1)c1ccc2c(c1)C(O)CCO2. The highest BCUT2D eigenvalue weighted by Gasteiger charge is 2.32. The number of pyridine rings is 1. The van der Waals surface area contributed by atoms with Crippen molar-refractivity contribution in [3.63, 3.8) is 0 Å². The van der Waals surface area contributed by atoms with Crippen LogP contribution in [0.5, 0.6) is 5.75 Å². The standard InChI is InChI=1S/C25H23F3N2O3/c26-25(27,28)23-9-6-18(16-29-23)10-12-30(24(32)14-17-4-2-1-3-5-17)19-7-8-22-20(15-19)21(31)11-13-33-22/h1-9,15-16,21,31H,10-14H2. The molecule has 0 saturated heterocycles. The van der Waals surface area contributed by atoms with Crippen LogP contribution in [-0.4, -0.2) is 29.1 Å². The lowest BCUT2D eigenvalue weighted by molar-refractivity contribution is -0.141. The van der Waals surface area contributed by atoms with Crippen molar-refractivity contribution in [2.75, 3.05) is 18.1 Å². The molecule has 1 aromatic heterocycles. The Morgan fingerprint density at radius 2 is 1.88 bits per heavy atom. The molecule has 0 bridgehead atoms. The minimum atomic E-state index is -4.50. The molecule has 0 aliphatic carbocycles. The molecule has 0 saturated carbocycles. The molecule has 0 radical (unpaired) electrons. The van der Waals surface area contributed by atoms with Crippen LogP contribution in [0.3, 0.4) is 0 Å². The molecule has 2 aromatic carbocycles. The number of alkyl halides is 3. The molecule has 1 aliphatic heterocycles. The smallest absolute Gasteiger partial charge is 0.433 e. The van der Waals surface area contributed by atoms with E-state index < -0.39 is 18.0 Å². The largest absolute Gasteiger partial charge is 0.493 e. The number of hydrogen-bond donors (Lipinski definition) is 1. The highest BCUT2D eigenvalue weighted by Crippen LogP contribution is 2.35. The monoisotopic (exact) mass is 456 g/mol. The maximum atomic E-state index is 13.2. The first kappa shape index (κ1) is 22.8. The summed E-state index contributed by atoms with van der Waals surface area (Å²) < 4.78 is 44.0. The second kappa shape index (κ2) is 9.62. The van der Waals surface area contributed by atoms with Gasteiger partial charge >= 0.3 is 6.18 Å². The zero-order valence-corrected chi connectivity index (χ0v) is 17.8. The number of aliphatic hydroxyl groups excluding tert-OH is 1. The van der Waals surface area contributed by atoms with Gasteiger partial charge in [0.1, 0.15) is 11.4 Å². The van der Waals surface area contributed by atoms with Crippen LogP contribution in [0.15, 0.2) is 66.9 Å². The van der Waals surface area contributed by atoms with Gasteiger partial charge in [-0.1, -0.05) is 36.4 Å². The lowest BCUT2D eigenvalue weighted by Gasteiger charge is -2.27. The highest BCUT2D eigenvalue weighted by atomic mass is 19.4. The molecule has 172 valence electrons. The molecule has 1 atom stereocenters. The number of hydrogen-bond acceptors (Lipinski definition) is 4. The van der Waals surface area contributed by atoms with Gasteiger partial charge in [0.2, 0.25) is 5.91 Å². The Labute approximate surface area is 189 Å². The number of aromatic nitrogens is 1. The topological polar surface area (TPSA) is 62.7 Å². The number of ether oxygens (including phenoxy) is 1. The van der Waals surface area contributed by atoms with Gasteiger partial charge in [0.05, 0.1) is 19.1 Å². The predicted molar refractivity (Wildman–Crippen MR) is 117 cm³/mol.